The van der Waals surface area contributed by atoms with Crippen LogP contribution in [0.4, 0.5) is 0 Å². The van der Waals surface area contributed by atoms with Crippen LogP contribution in [0.1, 0.15) is 18.1 Å². The lowest BCUT2D eigenvalue weighted by Crippen LogP contribution is -1.94. The van der Waals surface area contributed by atoms with Gasteiger partial charge in [-0.25, -0.2) is 9.79 Å². The van der Waals surface area contributed by atoms with Crippen molar-refractivity contribution in [3.05, 3.63) is 27.7 Å². The van der Waals surface area contributed by atoms with Crippen molar-refractivity contribution >= 4 is 22.0 Å². The predicted octanol–water partition coefficient (Wildman–Crippen LogP) is 2.86. The van der Waals surface area contributed by atoms with Crippen LogP contribution in [0.3, 0.4) is 0 Å². The molecule has 0 radical (unpaired) electrons. The van der Waals surface area contributed by atoms with Crippen molar-refractivity contribution in [2.24, 2.45) is 4.99 Å². The van der Waals surface area contributed by atoms with Gasteiger partial charge in [-0.1, -0.05) is 13.0 Å². The molecule has 0 aromatic heterocycles. The second kappa shape index (κ2) is 5.69. The first-order valence-electron chi connectivity index (χ1n) is 4.61. The molecule has 0 aliphatic rings. The quantitative estimate of drug-likeness (QED) is 0.623. The van der Waals surface area contributed by atoms with Gasteiger partial charge in [0, 0.05) is 5.56 Å². The fourth-order valence-corrected chi connectivity index (χ4v) is 2.09. The normalized spacial score (nSPS) is 9.53. The summed E-state index contributed by atoms with van der Waals surface area (Å²) < 4.78 is 6.13. The lowest BCUT2D eigenvalue weighted by atomic mass is 10.1. The van der Waals surface area contributed by atoms with Crippen LogP contribution in [0.2, 0.25) is 0 Å². The lowest BCUT2D eigenvalue weighted by Gasteiger charge is -2.10. The summed E-state index contributed by atoms with van der Waals surface area (Å²) in [5, 5.41) is 0. The summed E-state index contributed by atoms with van der Waals surface area (Å²) in [4.78, 5) is 13.6. The van der Waals surface area contributed by atoms with Crippen LogP contribution in [0.25, 0.3) is 0 Å². The molecule has 0 bridgehead atoms. The first-order chi connectivity index (χ1) is 7.22. The first-order valence-corrected chi connectivity index (χ1v) is 5.41. The Morgan fingerprint density at radius 3 is 2.80 bits per heavy atom. The molecule has 0 aliphatic heterocycles. The molecular weight excluding hydrogens is 258 g/mol. The SMILES string of the molecule is CCc1cc(Br)c(OC)c(CN=C=O)c1. The van der Waals surface area contributed by atoms with E-state index in [0.29, 0.717) is 6.54 Å². The number of methoxy groups -OCH3 is 1. The van der Waals surface area contributed by atoms with E-state index in [1.165, 1.54) is 11.6 Å². The molecule has 3 nitrogen and oxygen atoms in total. The first kappa shape index (κ1) is 12.0. The van der Waals surface area contributed by atoms with Crippen molar-refractivity contribution in [2.45, 2.75) is 19.9 Å². The smallest absolute Gasteiger partial charge is 0.235 e. The maximum Gasteiger partial charge on any atom is 0.235 e. The molecule has 0 unspecified atom stereocenters. The molecule has 1 rings (SSSR count). The average molecular weight is 270 g/mol. The lowest BCUT2D eigenvalue weighted by molar-refractivity contribution is 0.407. The highest BCUT2D eigenvalue weighted by Crippen LogP contribution is 2.31. The maximum absolute atomic E-state index is 10.1. The monoisotopic (exact) mass is 269 g/mol. The standard InChI is InChI=1S/C11H12BrNO2/c1-3-8-4-9(6-13-7-14)11(15-2)10(12)5-8/h4-5H,3,6H2,1-2H3. The van der Waals surface area contributed by atoms with E-state index in [0.717, 1.165) is 22.2 Å². The zero-order valence-electron chi connectivity index (χ0n) is 8.71. The zero-order chi connectivity index (χ0) is 11.3. The highest BCUT2D eigenvalue weighted by atomic mass is 79.9. The van der Waals surface area contributed by atoms with Crippen molar-refractivity contribution in [1.82, 2.24) is 0 Å². The number of halogens is 1. The molecule has 0 N–H and O–H groups in total. The van der Waals surface area contributed by atoms with Crippen LogP contribution in [0, 0.1) is 0 Å². The Bertz CT molecular complexity index is 398. The summed E-state index contributed by atoms with van der Waals surface area (Å²) in [6, 6.07) is 4.00. The Labute approximate surface area is 97.3 Å². The molecule has 0 spiro atoms. The van der Waals surface area contributed by atoms with Crippen LogP contribution in [-0.2, 0) is 17.8 Å². The van der Waals surface area contributed by atoms with Crippen LogP contribution in [0.5, 0.6) is 5.75 Å². The summed E-state index contributed by atoms with van der Waals surface area (Å²) in [5.74, 6) is 0.728. The van der Waals surface area contributed by atoms with E-state index in [4.69, 9.17) is 4.74 Å². The van der Waals surface area contributed by atoms with Crippen molar-refractivity contribution < 1.29 is 9.53 Å². The maximum atomic E-state index is 10.1. The molecule has 0 saturated heterocycles. The summed E-state index contributed by atoms with van der Waals surface area (Å²) in [5.41, 5.74) is 2.07. The number of aliphatic imine (C=N–C) groups is 1. The molecule has 1 aromatic rings. The number of carbonyl (C=O) groups excluding carboxylic acids is 1. The van der Waals surface area contributed by atoms with Gasteiger partial charge in [0.2, 0.25) is 6.08 Å². The second-order valence-electron chi connectivity index (χ2n) is 3.03. The largest absolute Gasteiger partial charge is 0.495 e. The molecule has 15 heavy (non-hydrogen) atoms. The van der Waals surface area contributed by atoms with Gasteiger partial charge in [-0.05, 0) is 34.0 Å². The molecule has 0 fully saturated rings. The van der Waals surface area contributed by atoms with E-state index in [2.05, 4.69) is 27.8 Å². The molecule has 80 valence electrons. The summed E-state index contributed by atoms with van der Waals surface area (Å²) in [7, 11) is 1.60. The highest BCUT2D eigenvalue weighted by molar-refractivity contribution is 9.10. The average Bonchev–Trinajstić information content (AvgIpc) is 2.25. The van der Waals surface area contributed by atoms with E-state index in [1.807, 2.05) is 12.1 Å². The van der Waals surface area contributed by atoms with Crippen molar-refractivity contribution in [1.29, 1.82) is 0 Å². The minimum absolute atomic E-state index is 0.305. The van der Waals surface area contributed by atoms with Crippen LogP contribution in [0.15, 0.2) is 21.6 Å². The Morgan fingerprint density at radius 2 is 2.27 bits per heavy atom. The number of aryl methyl sites for hydroxylation is 1. The molecule has 4 heteroatoms. The Balaban J connectivity index is 3.18. The third kappa shape index (κ3) is 2.91. The van der Waals surface area contributed by atoms with Gasteiger partial charge < -0.3 is 4.74 Å². The number of hydrogen-bond donors (Lipinski definition) is 0. The molecule has 0 saturated carbocycles. The van der Waals surface area contributed by atoms with Crippen molar-refractivity contribution in [2.75, 3.05) is 7.11 Å². The van der Waals surface area contributed by atoms with Crippen molar-refractivity contribution in [3.8, 4) is 5.75 Å². The van der Waals surface area contributed by atoms with Crippen LogP contribution in [-0.4, -0.2) is 13.2 Å². The fraction of sp³-hybridized carbons (Fsp3) is 0.364. The van der Waals surface area contributed by atoms with Gasteiger partial charge in [-0.15, -0.1) is 0 Å². The molecule has 1 aromatic carbocycles. The molecular formula is C11H12BrNO2. The van der Waals surface area contributed by atoms with Gasteiger partial charge in [-0.3, -0.25) is 0 Å². The summed E-state index contributed by atoms with van der Waals surface area (Å²) in [6.07, 6.45) is 2.46. The summed E-state index contributed by atoms with van der Waals surface area (Å²) in [6.45, 7) is 2.38. The topological polar surface area (TPSA) is 38.7 Å². The third-order valence-electron chi connectivity index (χ3n) is 2.11. The van der Waals surface area contributed by atoms with Gasteiger partial charge in [0.15, 0.2) is 0 Å². The predicted molar refractivity (Wildman–Crippen MR) is 61.9 cm³/mol. The fourth-order valence-electron chi connectivity index (χ4n) is 1.38. The minimum atomic E-state index is 0.305. The molecule has 0 atom stereocenters. The number of nitrogens with zero attached hydrogens (tertiary/aromatic N) is 1. The number of hydrogen-bond acceptors (Lipinski definition) is 3. The Morgan fingerprint density at radius 1 is 1.53 bits per heavy atom. The summed E-state index contributed by atoms with van der Waals surface area (Å²) >= 11 is 3.43. The van der Waals surface area contributed by atoms with E-state index in [-0.39, 0.29) is 0 Å². The van der Waals surface area contributed by atoms with E-state index in [9.17, 15) is 4.79 Å². The van der Waals surface area contributed by atoms with Gasteiger partial charge >= 0.3 is 0 Å². The Hall–Kier alpha value is -1.12. The molecule has 0 amide bonds. The minimum Gasteiger partial charge on any atom is -0.495 e. The van der Waals surface area contributed by atoms with E-state index < -0.39 is 0 Å². The van der Waals surface area contributed by atoms with Crippen LogP contribution < -0.4 is 4.74 Å². The molecule has 0 aliphatic carbocycles. The number of isocyanates is 1. The molecule has 0 heterocycles. The van der Waals surface area contributed by atoms with Gasteiger partial charge in [0.05, 0.1) is 18.1 Å². The number of rotatable bonds is 4. The number of ether oxygens (including phenoxy) is 1. The van der Waals surface area contributed by atoms with Gasteiger partial charge in [0.25, 0.3) is 0 Å². The van der Waals surface area contributed by atoms with Gasteiger partial charge in [0.1, 0.15) is 5.75 Å². The van der Waals surface area contributed by atoms with E-state index >= 15 is 0 Å². The Kier molecular flexibility index (Phi) is 4.53. The second-order valence-corrected chi connectivity index (χ2v) is 3.89. The van der Waals surface area contributed by atoms with Crippen molar-refractivity contribution in [3.63, 3.8) is 0 Å². The number of benzene rings is 1. The third-order valence-corrected chi connectivity index (χ3v) is 2.70. The zero-order valence-corrected chi connectivity index (χ0v) is 10.3. The van der Waals surface area contributed by atoms with Crippen LogP contribution >= 0.6 is 15.9 Å². The highest BCUT2D eigenvalue weighted by Gasteiger charge is 2.08. The van der Waals surface area contributed by atoms with E-state index in [1.54, 1.807) is 7.11 Å². The van der Waals surface area contributed by atoms with Gasteiger partial charge in [-0.2, -0.15) is 0 Å².